The fourth-order valence-electron chi connectivity index (χ4n) is 5.02. The van der Waals surface area contributed by atoms with Gasteiger partial charge in [-0.1, -0.05) is 63.1 Å². The molecule has 0 radical (unpaired) electrons. The number of ether oxygens (including phenoxy) is 4. The fourth-order valence-corrected chi connectivity index (χ4v) is 7.53. The zero-order chi connectivity index (χ0) is 36.4. The molecule has 1 heterocycles. The Kier molecular flexibility index (Phi) is 15.4. The predicted molar refractivity (Wildman–Crippen MR) is 192 cm³/mol. The number of rotatable bonds is 20. The van der Waals surface area contributed by atoms with Gasteiger partial charge >= 0.3 is 25.5 Å². The highest BCUT2D eigenvalue weighted by atomic mass is 31.2. The van der Waals surface area contributed by atoms with Gasteiger partial charge in [0.25, 0.3) is 0 Å². The topological polar surface area (TPSA) is 155 Å². The predicted octanol–water partition coefficient (Wildman–Crippen LogP) is 7.39. The highest BCUT2D eigenvalue weighted by Crippen LogP contribution is 2.44. The summed E-state index contributed by atoms with van der Waals surface area (Å²) in [6.07, 6.45) is 4.21. The maximum absolute atomic E-state index is 13.3. The van der Waals surface area contributed by atoms with Gasteiger partial charge in [0.15, 0.2) is 6.10 Å². The van der Waals surface area contributed by atoms with Crippen molar-refractivity contribution in [3.63, 3.8) is 0 Å². The summed E-state index contributed by atoms with van der Waals surface area (Å²) in [6.45, 7) is 19.3. The molecule has 1 aromatic carbocycles. The molecule has 3 atom stereocenters. The summed E-state index contributed by atoms with van der Waals surface area (Å²) in [5, 5.41) is 8.99. The Hall–Kier alpha value is -2.71. The van der Waals surface area contributed by atoms with Crippen molar-refractivity contribution in [2.45, 2.75) is 104 Å². The molecule has 0 aliphatic carbocycles. The van der Waals surface area contributed by atoms with Crippen LogP contribution in [0, 0.1) is 12.8 Å². The van der Waals surface area contributed by atoms with E-state index in [-0.39, 0.29) is 19.0 Å². The van der Waals surface area contributed by atoms with Crippen LogP contribution in [-0.2, 0) is 41.2 Å². The van der Waals surface area contributed by atoms with E-state index in [4.69, 9.17) is 28.6 Å². The third-order valence-electron chi connectivity index (χ3n) is 7.97. The molecule has 2 N–H and O–H groups in total. The molecule has 2 rings (SSSR count). The number of carbonyl (C=O) groups is 3. The Morgan fingerprint density at radius 2 is 1.67 bits per heavy atom. The van der Waals surface area contributed by atoms with Crippen LogP contribution in [0.4, 0.5) is 0 Å². The van der Waals surface area contributed by atoms with Gasteiger partial charge in [0.05, 0.1) is 32.4 Å². The van der Waals surface area contributed by atoms with Crippen LogP contribution in [0.1, 0.15) is 53.7 Å². The zero-order valence-electron chi connectivity index (χ0n) is 30.3. The van der Waals surface area contributed by atoms with Crippen LogP contribution in [0.25, 0.3) is 0 Å². The maximum Gasteiger partial charge on any atom is 0.342 e. The Balaban J connectivity index is 2.34. The molecule has 1 aliphatic rings. The van der Waals surface area contributed by atoms with Gasteiger partial charge in [0.1, 0.15) is 23.7 Å². The highest BCUT2D eigenvalue weighted by molar-refractivity contribution is 7.53. The molecule has 1 aliphatic heterocycles. The van der Waals surface area contributed by atoms with Gasteiger partial charge < -0.3 is 28.9 Å². The second-order valence-corrected chi connectivity index (χ2v) is 27.9. The fraction of sp³-hybridized carbons (Fsp3) is 0.618. The largest absolute Gasteiger partial charge is 0.496 e. The number of benzene rings is 1. The Morgan fingerprint density at radius 3 is 2.25 bits per heavy atom. The van der Waals surface area contributed by atoms with Crippen molar-refractivity contribution in [3.05, 3.63) is 46.1 Å². The lowest BCUT2D eigenvalue weighted by molar-refractivity contribution is -0.148. The zero-order valence-corrected chi connectivity index (χ0v) is 33.2. The van der Waals surface area contributed by atoms with Crippen molar-refractivity contribution in [2.75, 3.05) is 26.5 Å². The van der Waals surface area contributed by atoms with Gasteiger partial charge in [-0.15, -0.1) is 0 Å². The molecule has 14 heteroatoms. The number of aliphatic carboxylic acids is 1. The number of cyclic esters (lactones) is 1. The van der Waals surface area contributed by atoms with E-state index >= 15 is 0 Å². The summed E-state index contributed by atoms with van der Waals surface area (Å²) in [5.74, 6) is -1.56. The summed E-state index contributed by atoms with van der Waals surface area (Å²) >= 11 is 0. The molecule has 0 bridgehead atoms. The average molecular weight is 727 g/mol. The van der Waals surface area contributed by atoms with Gasteiger partial charge in [-0.05, 0) is 57.7 Å². The molecular weight excluding hydrogens is 672 g/mol. The van der Waals surface area contributed by atoms with Crippen LogP contribution in [-0.4, -0.2) is 76.6 Å². The number of carboxylic acids is 1. The van der Waals surface area contributed by atoms with E-state index in [9.17, 15) is 23.8 Å². The molecule has 0 amide bonds. The van der Waals surface area contributed by atoms with Crippen LogP contribution in [0.5, 0.6) is 11.5 Å². The number of carboxylic acid groups (broad SMARTS) is 1. The molecule has 0 spiro atoms. The van der Waals surface area contributed by atoms with Gasteiger partial charge in [-0.2, -0.15) is 0 Å². The van der Waals surface area contributed by atoms with Crippen molar-refractivity contribution in [2.24, 2.45) is 5.92 Å². The van der Waals surface area contributed by atoms with Crippen LogP contribution in [0.15, 0.2) is 23.8 Å². The molecule has 11 nitrogen and oxygen atoms in total. The second kappa shape index (κ2) is 17.8. The third-order valence-corrected chi connectivity index (χ3v) is 12.7. The van der Waals surface area contributed by atoms with Crippen LogP contribution in [0.3, 0.4) is 0 Å². The first-order chi connectivity index (χ1) is 22.2. The van der Waals surface area contributed by atoms with E-state index in [1.807, 2.05) is 19.9 Å². The lowest BCUT2D eigenvalue weighted by Gasteiger charge is -2.22. The molecule has 0 fully saturated rings. The normalized spacial score (nSPS) is 16.2. The number of carbonyl (C=O) groups excluding carboxylic acids is 2. The number of hydrogen-bond acceptors (Lipinski definition) is 9. The van der Waals surface area contributed by atoms with E-state index in [1.165, 1.54) is 13.0 Å². The molecule has 2 unspecified atom stereocenters. The molecule has 0 aromatic heterocycles. The Labute approximate surface area is 287 Å². The highest BCUT2D eigenvalue weighted by Gasteiger charge is 2.33. The summed E-state index contributed by atoms with van der Waals surface area (Å²) in [4.78, 5) is 47.2. The lowest BCUT2D eigenvalue weighted by Crippen LogP contribution is -2.25. The van der Waals surface area contributed by atoms with Crippen molar-refractivity contribution < 1.29 is 52.4 Å². The summed E-state index contributed by atoms with van der Waals surface area (Å²) in [7, 11) is -5.45. The first-order valence-corrected chi connectivity index (χ1v) is 25.6. The summed E-state index contributed by atoms with van der Waals surface area (Å²) in [6, 6.07) is 1.73. The van der Waals surface area contributed by atoms with Crippen LogP contribution in [0.2, 0.25) is 51.4 Å². The smallest absolute Gasteiger partial charge is 0.342 e. The molecule has 0 saturated carbocycles. The number of esters is 2. The van der Waals surface area contributed by atoms with Crippen molar-refractivity contribution in [3.8, 4) is 11.5 Å². The van der Waals surface area contributed by atoms with Crippen LogP contribution >= 0.6 is 7.60 Å². The van der Waals surface area contributed by atoms with E-state index in [1.54, 1.807) is 13.2 Å². The van der Waals surface area contributed by atoms with Gasteiger partial charge in [0.2, 0.25) is 0 Å². The molecule has 1 aromatic rings. The van der Waals surface area contributed by atoms with E-state index in [0.717, 1.165) is 34.4 Å². The third kappa shape index (κ3) is 13.3. The lowest BCUT2D eigenvalue weighted by atomic mass is 9.93. The minimum Gasteiger partial charge on any atom is -0.496 e. The molecule has 270 valence electrons. The minimum atomic E-state index is -4.18. The maximum atomic E-state index is 13.3. The van der Waals surface area contributed by atoms with Crippen LogP contribution < -0.4 is 9.47 Å². The first kappa shape index (κ1) is 41.5. The molecule has 0 saturated heterocycles. The number of allylic oxidation sites excluding steroid dienone is 4. The quantitative estimate of drug-likeness (QED) is 0.0598. The standard InChI is InChI=1S/C34H55O11PSi2/c1-23(14-15-27-30(41-4)24(2)28-22-44-34(38)29(28)31(27)42-16-19-47(5,6)7)21-26(33(37)43-17-20-48(8,9)10)13-11-12-18-46(39,40)45-25(3)32(35)36/h11-12,14,25-26H,13,15-22H2,1-10H3,(H,35,36)(H,39,40)/b12-11+,23-14+/t25-,26?/m0/s1. The number of fused-ring (bicyclic) bond motifs is 1. The number of methoxy groups -OCH3 is 1. The second-order valence-electron chi connectivity index (χ2n) is 14.8. The van der Waals surface area contributed by atoms with E-state index < -0.39 is 53.9 Å². The monoisotopic (exact) mass is 726 g/mol. The number of hydrogen-bond donors (Lipinski definition) is 2. The van der Waals surface area contributed by atoms with Gasteiger partial charge in [-0.25, -0.2) is 9.59 Å². The molecule has 48 heavy (non-hydrogen) atoms. The van der Waals surface area contributed by atoms with Crippen molar-refractivity contribution in [1.82, 2.24) is 0 Å². The first-order valence-electron chi connectivity index (χ1n) is 16.4. The van der Waals surface area contributed by atoms with E-state index in [2.05, 4.69) is 39.3 Å². The van der Waals surface area contributed by atoms with Gasteiger partial charge in [0, 0.05) is 27.3 Å². The average Bonchev–Trinajstić information content (AvgIpc) is 3.34. The summed E-state index contributed by atoms with van der Waals surface area (Å²) < 4.78 is 40.4. The van der Waals surface area contributed by atoms with Crippen molar-refractivity contribution >= 4 is 41.7 Å². The van der Waals surface area contributed by atoms with Crippen molar-refractivity contribution in [1.29, 1.82) is 0 Å². The summed E-state index contributed by atoms with van der Waals surface area (Å²) in [5.41, 5.74) is 3.69. The minimum absolute atomic E-state index is 0.168. The Bertz CT molecular complexity index is 1420. The van der Waals surface area contributed by atoms with Gasteiger partial charge in [-0.3, -0.25) is 13.9 Å². The van der Waals surface area contributed by atoms with E-state index in [0.29, 0.717) is 43.1 Å². The molecular formula is C34H55O11PSi2. The Morgan fingerprint density at radius 1 is 1.04 bits per heavy atom. The SMILES string of the molecule is COc1c(C)c2c(c(OCC[Si](C)(C)C)c1C/C=C(\C)CC(C/C=C/CP(=O)(O)O[C@@H](C)C(=O)O)C(=O)OCC[Si](C)(C)C)C(=O)OC2.